The topological polar surface area (TPSA) is 38.1 Å². The van der Waals surface area contributed by atoms with E-state index >= 15 is 0 Å². The van der Waals surface area contributed by atoms with Gasteiger partial charge in [-0.05, 0) is 25.6 Å². The molecule has 0 unspecified atom stereocenters. The van der Waals surface area contributed by atoms with Crippen molar-refractivity contribution in [3.8, 4) is 10.8 Å². The molecule has 3 nitrogen and oxygen atoms in total. The molecule has 0 aliphatic carbocycles. The van der Waals surface area contributed by atoms with Gasteiger partial charge in [-0.2, -0.15) is 0 Å². The van der Waals surface area contributed by atoms with Crippen LogP contribution in [0.2, 0.25) is 0 Å². The van der Waals surface area contributed by atoms with Gasteiger partial charge in [0.25, 0.3) is 0 Å². The van der Waals surface area contributed by atoms with E-state index in [1.54, 1.807) is 17.6 Å². The van der Waals surface area contributed by atoms with Gasteiger partial charge in [-0.15, -0.1) is 11.3 Å². The second-order valence-corrected chi connectivity index (χ2v) is 4.73. The Labute approximate surface area is 99.5 Å². The van der Waals surface area contributed by atoms with Crippen LogP contribution in [0.1, 0.15) is 23.9 Å². The molecule has 2 aromatic rings. The molecule has 2 heterocycles. The Hall–Kier alpha value is -1.13. The highest BCUT2D eigenvalue weighted by Crippen LogP contribution is 2.29. The Bertz CT molecular complexity index is 410. The minimum atomic E-state index is 0.865. The van der Waals surface area contributed by atoms with Crippen LogP contribution in [0, 0.1) is 0 Å². The molecule has 0 amide bonds. The summed E-state index contributed by atoms with van der Waals surface area (Å²) in [6.07, 6.45) is 3.85. The van der Waals surface area contributed by atoms with Crippen LogP contribution in [-0.4, -0.2) is 12.0 Å². The van der Waals surface area contributed by atoms with E-state index in [-0.39, 0.29) is 0 Å². The molecule has 4 heteroatoms. The highest BCUT2D eigenvalue weighted by molar-refractivity contribution is 7.15. The fourth-order valence-corrected chi connectivity index (χ4v) is 2.71. The maximum atomic E-state index is 5.37. The first-order chi connectivity index (χ1) is 7.85. The molecule has 0 atom stereocenters. The Morgan fingerprint density at radius 3 is 3.00 bits per heavy atom. The molecule has 0 saturated heterocycles. The minimum absolute atomic E-state index is 0.865. The summed E-state index contributed by atoms with van der Waals surface area (Å²) in [6, 6.07) is 3.85. The molecular formula is C12H16N2OS. The molecule has 2 aromatic heterocycles. The number of aryl methyl sites for hydroxylation is 1. The fraction of sp³-hybridized carbons (Fsp3) is 0.417. The van der Waals surface area contributed by atoms with Gasteiger partial charge in [0.2, 0.25) is 0 Å². The van der Waals surface area contributed by atoms with E-state index in [1.165, 1.54) is 10.6 Å². The largest absolute Gasteiger partial charge is 0.462 e. The van der Waals surface area contributed by atoms with Crippen molar-refractivity contribution in [3.05, 3.63) is 29.0 Å². The minimum Gasteiger partial charge on any atom is -0.462 e. The van der Waals surface area contributed by atoms with Crippen LogP contribution in [0.3, 0.4) is 0 Å². The third-order valence-corrected chi connectivity index (χ3v) is 3.45. The number of aromatic nitrogens is 1. The van der Waals surface area contributed by atoms with Crippen molar-refractivity contribution in [2.45, 2.75) is 26.3 Å². The number of furan rings is 1. The number of hydrogen-bond donors (Lipinski definition) is 1. The van der Waals surface area contributed by atoms with Crippen molar-refractivity contribution in [2.24, 2.45) is 0 Å². The lowest BCUT2D eigenvalue weighted by Crippen LogP contribution is -2.05. The van der Waals surface area contributed by atoms with Crippen molar-refractivity contribution in [2.75, 3.05) is 7.05 Å². The maximum Gasteiger partial charge on any atom is 0.162 e. The van der Waals surface area contributed by atoms with Crippen LogP contribution >= 0.6 is 11.3 Å². The highest BCUT2D eigenvalue weighted by atomic mass is 32.1. The Morgan fingerprint density at radius 2 is 2.38 bits per heavy atom. The van der Waals surface area contributed by atoms with E-state index in [4.69, 9.17) is 4.42 Å². The Morgan fingerprint density at radius 1 is 1.50 bits per heavy atom. The smallest absolute Gasteiger partial charge is 0.162 e. The third-order valence-electron chi connectivity index (χ3n) is 2.33. The van der Waals surface area contributed by atoms with Gasteiger partial charge in [0.05, 0.1) is 12.0 Å². The SMILES string of the molecule is CCCc1nc(-c2ccco2)sc1CNC. The van der Waals surface area contributed by atoms with Gasteiger partial charge in [-0.3, -0.25) is 0 Å². The normalized spacial score (nSPS) is 10.9. The standard InChI is InChI=1S/C12H16N2OS/c1-3-5-9-11(8-13-2)16-12(14-9)10-6-4-7-15-10/h4,6-7,13H,3,5,8H2,1-2H3. The molecule has 0 fully saturated rings. The van der Waals surface area contributed by atoms with Crippen molar-refractivity contribution >= 4 is 11.3 Å². The van der Waals surface area contributed by atoms with Gasteiger partial charge < -0.3 is 9.73 Å². The lowest BCUT2D eigenvalue weighted by Gasteiger charge is -1.98. The molecule has 0 radical (unpaired) electrons. The first-order valence-electron chi connectivity index (χ1n) is 5.52. The van der Waals surface area contributed by atoms with Gasteiger partial charge in [-0.1, -0.05) is 13.3 Å². The summed E-state index contributed by atoms with van der Waals surface area (Å²) in [7, 11) is 1.96. The zero-order chi connectivity index (χ0) is 11.4. The van der Waals surface area contributed by atoms with Crippen LogP contribution < -0.4 is 5.32 Å². The van der Waals surface area contributed by atoms with Crippen molar-refractivity contribution < 1.29 is 4.42 Å². The molecule has 0 aromatic carbocycles. The third kappa shape index (κ3) is 2.33. The number of hydrogen-bond acceptors (Lipinski definition) is 4. The summed E-state index contributed by atoms with van der Waals surface area (Å²) in [4.78, 5) is 5.96. The molecular weight excluding hydrogens is 220 g/mol. The quantitative estimate of drug-likeness (QED) is 0.867. The van der Waals surface area contributed by atoms with E-state index in [2.05, 4.69) is 17.2 Å². The second kappa shape index (κ2) is 5.27. The number of nitrogens with zero attached hydrogens (tertiary/aromatic N) is 1. The number of rotatable bonds is 5. The molecule has 0 bridgehead atoms. The fourth-order valence-electron chi connectivity index (χ4n) is 1.62. The number of thiazole rings is 1. The molecule has 2 rings (SSSR count). The van der Waals surface area contributed by atoms with Gasteiger partial charge in [0.1, 0.15) is 0 Å². The number of nitrogens with one attached hydrogen (secondary N) is 1. The van der Waals surface area contributed by atoms with Crippen LogP contribution in [0.5, 0.6) is 0 Å². The molecule has 86 valence electrons. The molecule has 1 N–H and O–H groups in total. The lowest BCUT2D eigenvalue weighted by molar-refractivity contribution is 0.581. The maximum absolute atomic E-state index is 5.37. The first-order valence-corrected chi connectivity index (χ1v) is 6.33. The molecule has 0 aliphatic rings. The highest BCUT2D eigenvalue weighted by Gasteiger charge is 2.12. The van der Waals surface area contributed by atoms with Crippen molar-refractivity contribution in [1.82, 2.24) is 10.3 Å². The summed E-state index contributed by atoms with van der Waals surface area (Å²) in [5, 5.41) is 4.17. The average Bonchev–Trinajstić information content (AvgIpc) is 2.89. The van der Waals surface area contributed by atoms with Crippen LogP contribution in [-0.2, 0) is 13.0 Å². The Balaban J connectivity index is 2.30. The van der Waals surface area contributed by atoms with E-state index < -0.39 is 0 Å². The summed E-state index contributed by atoms with van der Waals surface area (Å²) >= 11 is 1.71. The van der Waals surface area contributed by atoms with E-state index in [9.17, 15) is 0 Å². The first kappa shape index (κ1) is 11.4. The summed E-state index contributed by atoms with van der Waals surface area (Å²) in [6.45, 7) is 3.06. The van der Waals surface area contributed by atoms with Crippen LogP contribution in [0.25, 0.3) is 10.8 Å². The van der Waals surface area contributed by atoms with Crippen molar-refractivity contribution in [1.29, 1.82) is 0 Å². The predicted octanol–water partition coefficient (Wildman–Crippen LogP) is 3.08. The molecule has 16 heavy (non-hydrogen) atoms. The predicted molar refractivity (Wildman–Crippen MR) is 66.6 cm³/mol. The van der Waals surface area contributed by atoms with Crippen LogP contribution in [0.15, 0.2) is 22.8 Å². The van der Waals surface area contributed by atoms with Gasteiger partial charge >= 0.3 is 0 Å². The average molecular weight is 236 g/mol. The van der Waals surface area contributed by atoms with Gasteiger partial charge in [0.15, 0.2) is 10.8 Å². The van der Waals surface area contributed by atoms with E-state index in [1.807, 2.05) is 19.2 Å². The van der Waals surface area contributed by atoms with E-state index in [0.717, 1.165) is 30.2 Å². The summed E-state index contributed by atoms with van der Waals surface area (Å²) < 4.78 is 5.37. The monoisotopic (exact) mass is 236 g/mol. The van der Waals surface area contributed by atoms with Gasteiger partial charge in [-0.25, -0.2) is 4.98 Å². The lowest BCUT2D eigenvalue weighted by atomic mass is 10.2. The molecule has 0 saturated carbocycles. The zero-order valence-electron chi connectivity index (χ0n) is 9.62. The van der Waals surface area contributed by atoms with Crippen LogP contribution in [0.4, 0.5) is 0 Å². The Kier molecular flexibility index (Phi) is 3.74. The molecule has 0 spiro atoms. The van der Waals surface area contributed by atoms with Gasteiger partial charge in [0, 0.05) is 11.4 Å². The second-order valence-electron chi connectivity index (χ2n) is 3.65. The summed E-state index contributed by atoms with van der Waals surface area (Å²) in [5.41, 5.74) is 1.20. The zero-order valence-corrected chi connectivity index (χ0v) is 10.4. The van der Waals surface area contributed by atoms with E-state index in [0.29, 0.717) is 0 Å². The molecule has 0 aliphatic heterocycles. The van der Waals surface area contributed by atoms with Crippen molar-refractivity contribution in [3.63, 3.8) is 0 Å². The summed E-state index contributed by atoms with van der Waals surface area (Å²) in [5.74, 6) is 0.865.